The predicted molar refractivity (Wildman–Crippen MR) is 126 cm³/mol. The van der Waals surface area contributed by atoms with Gasteiger partial charge in [-0.15, -0.1) is 0 Å². The molecule has 4 atom stereocenters. The summed E-state index contributed by atoms with van der Waals surface area (Å²) in [7, 11) is 0. The van der Waals surface area contributed by atoms with Gasteiger partial charge in [0.2, 0.25) is 23.6 Å². The van der Waals surface area contributed by atoms with Crippen molar-refractivity contribution in [3.63, 3.8) is 0 Å². The number of nitrogens with one attached hydrogen (secondary N) is 3. The van der Waals surface area contributed by atoms with Crippen LogP contribution in [0, 0.1) is 0 Å². The molecule has 0 bridgehead atoms. The summed E-state index contributed by atoms with van der Waals surface area (Å²) in [6.45, 7) is 0.101. The van der Waals surface area contributed by atoms with E-state index in [9.17, 15) is 33.9 Å². The van der Waals surface area contributed by atoms with E-state index in [0.29, 0.717) is 0 Å². The van der Waals surface area contributed by atoms with Gasteiger partial charge in [0, 0.05) is 18.7 Å². The van der Waals surface area contributed by atoms with Crippen molar-refractivity contribution < 1.29 is 39.0 Å². The van der Waals surface area contributed by atoms with E-state index >= 15 is 0 Å². The van der Waals surface area contributed by atoms with Gasteiger partial charge in [-0.25, -0.2) is 4.79 Å². The van der Waals surface area contributed by atoms with Gasteiger partial charge in [0.15, 0.2) is 5.96 Å². The van der Waals surface area contributed by atoms with Crippen molar-refractivity contribution in [2.24, 2.45) is 27.9 Å². The van der Waals surface area contributed by atoms with Crippen LogP contribution in [0.4, 0.5) is 0 Å². The van der Waals surface area contributed by atoms with Crippen molar-refractivity contribution >= 4 is 54.2 Å². The van der Waals surface area contributed by atoms with Crippen LogP contribution in [-0.2, 0) is 28.8 Å². The number of amides is 4. The molecule has 0 aromatic carbocycles. The van der Waals surface area contributed by atoms with Crippen LogP contribution < -0.4 is 38.9 Å². The summed E-state index contributed by atoms with van der Waals surface area (Å²) in [5.74, 6) is -6.73. The van der Waals surface area contributed by atoms with Crippen LogP contribution in [0.5, 0.6) is 0 Å². The second kappa shape index (κ2) is 16.1. The Balaban J connectivity index is 5.52. The van der Waals surface area contributed by atoms with E-state index in [1.165, 1.54) is 0 Å². The van der Waals surface area contributed by atoms with Gasteiger partial charge in [-0.05, 0) is 19.3 Å². The quantitative estimate of drug-likeness (QED) is 0.0377. The maximum atomic E-state index is 12.7. The van der Waals surface area contributed by atoms with Gasteiger partial charge in [-0.2, -0.15) is 12.6 Å². The molecular formula is C18H32N8O8S. The molecule has 0 aromatic heterocycles. The fraction of sp³-hybridized carbons (Fsp3) is 0.611. The molecule has 0 saturated heterocycles. The number of aliphatic imine (C=N–C) groups is 1. The fourth-order valence-corrected chi connectivity index (χ4v) is 2.78. The first-order valence-electron chi connectivity index (χ1n) is 10.3. The molecule has 0 aliphatic carbocycles. The number of guanidine groups is 1. The maximum Gasteiger partial charge on any atom is 0.326 e. The lowest BCUT2D eigenvalue weighted by molar-refractivity contribution is -0.143. The molecule has 16 nitrogen and oxygen atoms in total. The third-order valence-electron chi connectivity index (χ3n) is 4.41. The van der Waals surface area contributed by atoms with E-state index in [4.69, 9.17) is 28.0 Å². The van der Waals surface area contributed by atoms with Crippen LogP contribution in [0.1, 0.15) is 32.1 Å². The Morgan fingerprint density at radius 3 is 1.86 bits per heavy atom. The number of carbonyl (C=O) groups excluding carboxylic acids is 4. The van der Waals surface area contributed by atoms with E-state index in [2.05, 4.69) is 33.6 Å². The molecule has 13 N–H and O–H groups in total. The number of primary amides is 1. The molecule has 35 heavy (non-hydrogen) atoms. The smallest absolute Gasteiger partial charge is 0.326 e. The monoisotopic (exact) mass is 520 g/mol. The molecule has 4 unspecified atom stereocenters. The maximum absolute atomic E-state index is 12.7. The number of nitrogens with two attached hydrogens (primary N) is 4. The van der Waals surface area contributed by atoms with Gasteiger partial charge in [0.25, 0.3) is 0 Å². The van der Waals surface area contributed by atoms with Crippen LogP contribution in [0.3, 0.4) is 0 Å². The number of thiol groups is 1. The zero-order valence-corrected chi connectivity index (χ0v) is 19.7. The standard InChI is InChI=1S/C18H32N8O8S/c19-8(7-35)14(30)26-11(6-12(20)27)16(32)24-9(3-4-13(28)29)15(31)25-10(17(33)34)2-1-5-23-18(21)22/h8-11,35H,1-7,19H2,(H2,20,27)(H,24,32)(H,25,31)(H,26,30)(H,28,29)(H,33,34)(H4,21,22,23). The average Bonchev–Trinajstić information content (AvgIpc) is 2.76. The highest BCUT2D eigenvalue weighted by Gasteiger charge is 2.31. The predicted octanol–water partition coefficient (Wildman–Crippen LogP) is -4.42. The summed E-state index contributed by atoms with van der Waals surface area (Å²) in [5.41, 5.74) is 21.0. The average molecular weight is 521 g/mol. The van der Waals surface area contributed by atoms with Gasteiger partial charge in [-0.1, -0.05) is 0 Å². The minimum absolute atomic E-state index is 0.0693. The van der Waals surface area contributed by atoms with Gasteiger partial charge in [0.1, 0.15) is 18.1 Å². The highest BCUT2D eigenvalue weighted by molar-refractivity contribution is 7.80. The largest absolute Gasteiger partial charge is 0.481 e. The Hall–Kier alpha value is -3.60. The highest BCUT2D eigenvalue weighted by Crippen LogP contribution is 2.05. The van der Waals surface area contributed by atoms with E-state index in [1.807, 2.05) is 0 Å². The molecular weight excluding hydrogens is 488 g/mol. The Morgan fingerprint density at radius 1 is 0.829 bits per heavy atom. The van der Waals surface area contributed by atoms with Crippen LogP contribution in [0.2, 0.25) is 0 Å². The van der Waals surface area contributed by atoms with E-state index in [0.717, 1.165) is 0 Å². The molecule has 0 aromatic rings. The number of carbonyl (C=O) groups is 6. The lowest BCUT2D eigenvalue weighted by Crippen LogP contribution is -2.58. The number of hydrogen-bond donors (Lipinski definition) is 10. The molecule has 4 amide bonds. The van der Waals surface area contributed by atoms with Crippen molar-refractivity contribution in [1.29, 1.82) is 0 Å². The number of carboxylic acids is 2. The fourth-order valence-electron chi connectivity index (χ4n) is 2.61. The summed E-state index contributed by atoms with van der Waals surface area (Å²) < 4.78 is 0. The van der Waals surface area contributed by atoms with E-state index in [1.54, 1.807) is 0 Å². The minimum Gasteiger partial charge on any atom is -0.481 e. The molecule has 0 heterocycles. The Morgan fingerprint density at radius 2 is 1.37 bits per heavy atom. The molecule has 198 valence electrons. The summed E-state index contributed by atoms with van der Waals surface area (Å²) in [5, 5.41) is 25.0. The molecule has 17 heteroatoms. The van der Waals surface area contributed by atoms with Crippen LogP contribution in [0.15, 0.2) is 4.99 Å². The van der Waals surface area contributed by atoms with Gasteiger partial charge in [0.05, 0.1) is 12.5 Å². The number of carboxylic acid groups (broad SMARTS) is 2. The molecule has 0 radical (unpaired) electrons. The molecule has 0 aliphatic rings. The summed E-state index contributed by atoms with van der Waals surface area (Å²) in [6, 6.07) is -5.54. The Bertz CT molecular complexity index is 820. The van der Waals surface area contributed by atoms with Crippen LogP contribution >= 0.6 is 12.6 Å². The summed E-state index contributed by atoms with van der Waals surface area (Å²) in [4.78, 5) is 75.0. The van der Waals surface area contributed by atoms with Crippen molar-refractivity contribution in [1.82, 2.24) is 16.0 Å². The molecule has 0 spiro atoms. The number of hydrogen-bond acceptors (Lipinski definition) is 9. The zero-order valence-electron chi connectivity index (χ0n) is 18.8. The van der Waals surface area contributed by atoms with Gasteiger partial charge >= 0.3 is 11.9 Å². The molecule has 0 rings (SSSR count). The summed E-state index contributed by atoms with van der Waals surface area (Å²) in [6.07, 6.45) is -1.50. The van der Waals surface area contributed by atoms with E-state index in [-0.39, 0.29) is 31.1 Å². The van der Waals surface area contributed by atoms with Gasteiger partial charge in [-0.3, -0.25) is 29.0 Å². The molecule has 0 aliphatic heterocycles. The van der Waals surface area contributed by atoms with Gasteiger partial charge < -0.3 is 49.1 Å². The zero-order chi connectivity index (χ0) is 27.1. The Labute approximate surface area is 206 Å². The third-order valence-corrected chi connectivity index (χ3v) is 4.80. The lowest BCUT2D eigenvalue weighted by atomic mass is 10.1. The first kappa shape index (κ1) is 31.4. The number of nitrogens with zero attached hydrogens (tertiary/aromatic N) is 1. The van der Waals surface area contributed by atoms with Crippen molar-refractivity contribution in [2.45, 2.75) is 56.3 Å². The third kappa shape index (κ3) is 13.6. The Kier molecular flexibility index (Phi) is 14.4. The minimum atomic E-state index is -1.53. The normalized spacial score (nSPS) is 13.9. The molecule has 0 fully saturated rings. The first-order valence-corrected chi connectivity index (χ1v) is 11.0. The van der Waals surface area contributed by atoms with Crippen molar-refractivity contribution in [3.05, 3.63) is 0 Å². The SMILES string of the molecule is NC(=O)CC(NC(=O)C(N)CS)C(=O)NC(CCC(=O)O)C(=O)NC(CCCN=C(N)N)C(=O)O. The van der Waals surface area contributed by atoms with Crippen LogP contribution in [0.25, 0.3) is 0 Å². The lowest BCUT2D eigenvalue weighted by Gasteiger charge is -2.24. The van der Waals surface area contributed by atoms with Crippen molar-refractivity contribution in [2.75, 3.05) is 12.3 Å². The topological polar surface area (TPSA) is 295 Å². The van der Waals surface area contributed by atoms with Crippen LogP contribution in [-0.4, -0.2) is 88.2 Å². The van der Waals surface area contributed by atoms with E-state index < -0.39 is 79.0 Å². The first-order chi connectivity index (χ1) is 16.3. The van der Waals surface area contributed by atoms with Crippen molar-refractivity contribution in [3.8, 4) is 0 Å². The number of aliphatic carboxylic acids is 2. The molecule has 0 saturated carbocycles. The second-order valence-electron chi connectivity index (χ2n) is 7.36. The second-order valence-corrected chi connectivity index (χ2v) is 7.73. The number of rotatable bonds is 17. The summed E-state index contributed by atoms with van der Waals surface area (Å²) >= 11 is 3.86. The highest BCUT2D eigenvalue weighted by atomic mass is 32.1.